The van der Waals surface area contributed by atoms with Gasteiger partial charge in [0.1, 0.15) is 0 Å². The maximum atomic E-state index is 11.7. The Labute approximate surface area is 138 Å². The Morgan fingerprint density at radius 3 is 2.87 bits per heavy atom. The molecule has 0 amide bonds. The van der Waals surface area contributed by atoms with E-state index in [2.05, 4.69) is 13.0 Å². The first-order valence-corrected chi connectivity index (χ1v) is 9.03. The van der Waals surface area contributed by atoms with Crippen LogP contribution in [0.5, 0.6) is 0 Å². The van der Waals surface area contributed by atoms with Gasteiger partial charge in [0, 0.05) is 11.8 Å². The molecule has 0 aromatic carbocycles. The Kier molecular flexibility index (Phi) is 3.32. The fraction of sp³-hybridized carbons (Fsp3) is 0.700. The minimum absolute atomic E-state index is 0.122. The van der Waals surface area contributed by atoms with Crippen LogP contribution in [0.15, 0.2) is 22.8 Å². The minimum atomic E-state index is -0.804. The molecule has 4 aliphatic carbocycles. The van der Waals surface area contributed by atoms with Crippen molar-refractivity contribution in [2.75, 3.05) is 0 Å². The second-order valence-corrected chi connectivity index (χ2v) is 8.21. The van der Waals surface area contributed by atoms with E-state index in [0.29, 0.717) is 18.3 Å². The number of hydrogen-bond acceptors (Lipinski definition) is 3. The van der Waals surface area contributed by atoms with Crippen molar-refractivity contribution in [3.63, 3.8) is 0 Å². The molecule has 0 aliphatic heterocycles. The lowest BCUT2D eigenvalue weighted by atomic mass is 9.56. The van der Waals surface area contributed by atoms with Gasteiger partial charge in [0.2, 0.25) is 0 Å². The van der Waals surface area contributed by atoms with E-state index >= 15 is 0 Å². The van der Waals surface area contributed by atoms with Crippen molar-refractivity contribution >= 4 is 5.78 Å². The van der Waals surface area contributed by atoms with Gasteiger partial charge in [-0.05, 0) is 74.0 Å². The van der Waals surface area contributed by atoms with Gasteiger partial charge in [0.25, 0.3) is 0 Å². The molecule has 0 bridgehead atoms. The normalized spacial score (nSPS) is 42.5. The first kappa shape index (κ1) is 15.1. The zero-order chi connectivity index (χ0) is 16.2. The first-order chi connectivity index (χ1) is 11.0. The lowest BCUT2D eigenvalue weighted by Gasteiger charge is -2.51. The molecule has 1 N–H and O–H groups in total. The topological polar surface area (TPSA) is 61.1 Å². The number of aliphatic hydroxyl groups is 1. The molecule has 0 radical (unpaired) electrons. The summed E-state index contributed by atoms with van der Waals surface area (Å²) in [6.07, 6.45) is 9.67. The highest BCUT2D eigenvalue weighted by Gasteiger charge is 2.60. The molecule has 0 spiro atoms. The van der Waals surface area contributed by atoms with E-state index in [1.54, 1.807) is 5.57 Å². The number of allylic oxidation sites excluding steroid dienone is 4. The number of rotatable bonds is 1. The van der Waals surface area contributed by atoms with E-state index in [1.807, 2.05) is 6.08 Å². The fourth-order valence-corrected chi connectivity index (χ4v) is 6.06. The van der Waals surface area contributed by atoms with Crippen LogP contribution in [0.25, 0.3) is 0 Å². The van der Waals surface area contributed by atoms with Gasteiger partial charge >= 0.3 is 0 Å². The number of nitriles is 1. The van der Waals surface area contributed by atoms with Crippen molar-refractivity contribution in [1.29, 1.82) is 5.26 Å². The molecule has 0 aromatic heterocycles. The molecular formula is C20H25NO2. The molecule has 2 fully saturated rings. The molecule has 4 atom stereocenters. The summed E-state index contributed by atoms with van der Waals surface area (Å²) in [5.74, 6) is 1.34. The van der Waals surface area contributed by atoms with Gasteiger partial charge in [0.05, 0.1) is 18.1 Å². The SMILES string of the molecule is C[C@]12CCC3=C4CCC(=O)C=C4CC[C@H]3[C@@H]1CC[C@@]2(O)[13CH2][13C]#[15N]. The highest BCUT2D eigenvalue weighted by atomic mass is 16.3. The van der Waals surface area contributed by atoms with E-state index in [1.165, 1.54) is 11.1 Å². The summed E-state index contributed by atoms with van der Waals surface area (Å²) in [4.78, 5) is 11.7. The van der Waals surface area contributed by atoms with Gasteiger partial charge in [-0.1, -0.05) is 12.5 Å². The van der Waals surface area contributed by atoms with Crippen LogP contribution in [-0.2, 0) is 4.79 Å². The summed E-state index contributed by atoms with van der Waals surface area (Å²) < 4.78 is 0. The van der Waals surface area contributed by atoms with E-state index in [-0.39, 0.29) is 17.6 Å². The lowest BCUT2D eigenvalue weighted by molar-refractivity contribution is -0.114. The van der Waals surface area contributed by atoms with Crippen molar-refractivity contribution in [3.05, 3.63) is 22.8 Å². The predicted octanol–water partition coefficient (Wildman–Crippen LogP) is 3.84. The quantitative estimate of drug-likeness (QED) is 0.591. The molecule has 2 saturated carbocycles. The van der Waals surface area contributed by atoms with Crippen LogP contribution in [0.3, 0.4) is 0 Å². The summed E-state index contributed by atoms with van der Waals surface area (Å²) in [7, 11) is 0. The van der Waals surface area contributed by atoms with Gasteiger partial charge in [-0.25, -0.2) is 0 Å². The zero-order valence-corrected chi connectivity index (χ0v) is 13.9. The molecule has 4 aliphatic rings. The fourth-order valence-electron chi connectivity index (χ4n) is 6.06. The van der Waals surface area contributed by atoms with Crippen molar-refractivity contribution in [2.45, 2.75) is 70.3 Å². The van der Waals surface area contributed by atoms with Gasteiger partial charge in [0.15, 0.2) is 5.78 Å². The lowest BCUT2D eigenvalue weighted by Crippen LogP contribution is -2.49. The summed E-state index contributed by atoms with van der Waals surface area (Å²) in [5.41, 5.74) is 3.42. The number of fused-ring (bicyclic) bond motifs is 4. The minimum Gasteiger partial charge on any atom is -0.388 e. The summed E-state index contributed by atoms with van der Waals surface area (Å²) in [6.45, 7) is 2.22. The second kappa shape index (κ2) is 5.05. The number of ketones is 1. The molecule has 0 saturated heterocycles. The van der Waals surface area contributed by atoms with Crippen molar-refractivity contribution in [3.8, 4) is 6.07 Å². The number of carbonyl (C=O) groups is 1. The van der Waals surface area contributed by atoms with Crippen LogP contribution < -0.4 is 0 Å². The smallest absolute Gasteiger partial charge is 0.156 e. The van der Waals surface area contributed by atoms with Crippen LogP contribution in [0.1, 0.15) is 64.7 Å². The summed E-state index contributed by atoms with van der Waals surface area (Å²) in [5, 5.41) is 20.3. The molecular weight excluding hydrogens is 289 g/mol. The van der Waals surface area contributed by atoms with Crippen LogP contribution in [0.2, 0.25) is 0 Å². The van der Waals surface area contributed by atoms with Crippen LogP contribution in [0.4, 0.5) is 0 Å². The predicted molar refractivity (Wildman–Crippen MR) is 87.3 cm³/mol. The monoisotopic (exact) mass is 314 g/mol. The molecule has 23 heavy (non-hydrogen) atoms. The highest BCUT2D eigenvalue weighted by Crippen LogP contribution is 2.64. The first-order valence-electron chi connectivity index (χ1n) is 9.03. The molecule has 122 valence electrons. The molecule has 3 nitrogen and oxygen atoms in total. The zero-order valence-electron chi connectivity index (χ0n) is 13.9. The Bertz CT molecular complexity index is 668. The van der Waals surface area contributed by atoms with E-state index in [0.717, 1.165) is 44.9 Å². The van der Waals surface area contributed by atoms with Crippen molar-refractivity contribution < 1.29 is 9.90 Å². The van der Waals surface area contributed by atoms with E-state index < -0.39 is 5.60 Å². The van der Waals surface area contributed by atoms with E-state index in [9.17, 15) is 9.90 Å². The van der Waals surface area contributed by atoms with E-state index in [4.69, 9.17) is 5.26 Å². The number of hydrogen-bond donors (Lipinski definition) is 1. The average Bonchev–Trinajstić information content (AvgIpc) is 2.79. The average molecular weight is 314 g/mol. The van der Waals surface area contributed by atoms with Crippen LogP contribution in [0, 0.1) is 28.6 Å². The Hall–Kier alpha value is -1.40. The van der Waals surface area contributed by atoms with Gasteiger partial charge in [-0.2, -0.15) is 5.26 Å². The summed E-state index contributed by atoms with van der Waals surface area (Å²) in [6, 6.07) is 2.22. The summed E-state index contributed by atoms with van der Waals surface area (Å²) >= 11 is 0. The number of carbonyl (C=O) groups excluding carboxylic acids is 1. The van der Waals surface area contributed by atoms with Crippen LogP contribution in [-0.4, -0.2) is 16.5 Å². The molecule has 0 heterocycles. The maximum Gasteiger partial charge on any atom is 0.156 e. The third kappa shape index (κ3) is 2.01. The van der Waals surface area contributed by atoms with Crippen molar-refractivity contribution in [1.82, 2.24) is 0 Å². The third-order valence-corrected chi connectivity index (χ3v) is 7.43. The Balaban J connectivity index is 1.72. The second-order valence-electron chi connectivity index (χ2n) is 8.21. The molecule has 0 aromatic rings. The Morgan fingerprint density at radius 1 is 1.26 bits per heavy atom. The molecule has 3 heteroatoms. The highest BCUT2D eigenvalue weighted by molar-refractivity contribution is 5.93. The number of nitrogens with zero attached hydrogens (tertiary/aromatic N) is 1. The maximum absolute atomic E-state index is 11.7. The van der Waals surface area contributed by atoms with Crippen LogP contribution >= 0.6 is 0 Å². The van der Waals surface area contributed by atoms with Gasteiger partial charge < -0.3 is 5.11 Å². The molecule has 4 rings (SSSR count). The standard InChI is InChI=1S/C20H25NO2/c1-19-8-6-16-15-5-3-14(22)12-13(15)2-4-17(16)18(19)7-9-20(19,23)10-11-21/h12,17-18,23H,2-10H2,1H3/t17-,18+,19+,20-/m1/s1/i10+1,11+1,21+1. The van der Waals surface area contributed by atoms with Crippen molar-refractivity contribution in [2.24, 2.45) is 17.3 Å². The largest absolute Gasteiger partial charge is 0.388 e. The van der Waals surface area contributed by atoms with Gasteiger partial charge in [-0.15, -0.1) is 0 Å². The third-order valence-electron chi connectivity index (χ3n) is 7.43. The Morgan fingerprint density at radius 2 is 2.09 bits per heavy atom. The molecule has 0 unspecified atom stereocenters. The van der Waals surface area contributed by atoms with Gasteiger partial charge in [-0.3, -0.25) is 4.79 Å².